The first-order valence-corrected chi connectivity index (χ1v) is 8.56. The van der Waals surface area contributed by atoms with E-state index in [4.69, 9.17) is 9.47 Å². The van der Waals surface area contributed by atoms with Crippen LogP contribution in [0.2, 0.25) is 0 Å². The molecule has 0 saturated carbocycles. The van der Waals surface area contributed by atoms with Crippen molar-refractivity contribution in [2.75, 3.05) is 42.6 Å². The Balaban J connectivity index is 1.28. The molecule has 3 aliphatic heterocycles. The number of nitrogens with zero attached hydrogens (tertiary/aromatic N) is 5. The maximum absolute atomic E-state index is 14.6. The van der Waals surface area contributed by atoms with Gasteiger partial charge < -0.3 is 14.4 Å². The molecule has 1 aromatic heterocycles. The zero-order valence-electron chi connectivity index (χ0n) is 14.0. The van der Waals surface area contributed by atoms with E-state index >= 15 is 0 Å². The average Bonchev–Trinajstić information content (AvgIpc) is 3.16. The van der Waals surface area contributed by atoms with E-state index in [9.17, 15) is 9.18 Å². The Bertz CT molecular complexity index is 831. The van der Waals surface area contributed by atoms with E-state index < -0.39 is 6.09 Å². The number of carbonyl (C=O) groups excluding carboxylic acids is 1. The highest BCUT2D eigenvalue weighted by molar-refractivity contribution is 5.90. The summed E-state index contributed by atoms with van der Waals surface area (Å²) in [5.41, 5.74) is 1.29. The zero-order valence-corrected chi connectivity index (χ0v) is 14.0. The average molecular weight is 359 g/mol. The summed E-state index contributed by atoms with van der Waals surface area (Å²) in [6.07, 6.45) is 2.45. The number of benzene rings is 1. The molecule has 0 aliphatic carbocycles. The number of amides is 1. The summed E-state index contributed by atoms with van der Waals surface area (Å²) in [6.45, 7) is 3.92. The van der Waals surface area contributed by atoms with Crippen LogP contribution >= 0.6 is 0 Å². The maximum atomic E-state index is 14.6. The molecule has 3 saturated heterocycles. The molecule has 1 spiro atoms. The molecule has 5 rings (SSSR count). The van der Waals surface area contributed by atoms with Crippen LogP contribution < -0.4 is 9.80 Å². The smallest absolute Gasteiger partial charge is 0.414 e. The number of carbonyl (C=O) groups is 1. The molecule has 8 nitrogen and oxygen atoms in total. The van der Waals surface area contributed by atoms with Crippen molar-refractivity contribution in [3.8, 4) is 0 Å². The van der Waals surface area contributed by atoms with E-state index in [-0.39, 0.29) is 17.3 Å². The van der Waals surface area contributed by atoms with Crippen molar-refractivity contribution >= 4 is 17.5 Å². The number of aromatic nitrogens is 3. The van der Waals surface area contributed by atoms with Crippen LogP contribution in [-0.4, -0.2) is 60.0 Å². The molecule has 0 radical (unpaired) electrons. The van der Waals surface area contributed by atoms with E-state index in [2.05, 4.69) is 10.3 Å². The molecule has 136 valence electrons. The van der Waals surface area contributed by atoms with Crippen molar-refractivity contribution in [2.45, 2.75) is 12.6 Å². The van der Waals surface area contributed by atoms with Gasteiger partial charge in [0.15, 0.2) is 0 Å². The molecule has 1 amide bonds. The Labute approximate surface area is 149 Å². The van der Waals surface area contributed by atoms with Crippen LogP contribution in [0.15, 0.2) is 30.6 Å². The second-order valence-electron chi connectivity index (χ2n) is 7.23. The van der Waals surface area contributed by atoms with Crippen LogP contribution in [0.4, 0.5) is 20.6 Å². The Hall–Kier alpha value is -2.68. The fraction of sp³-hybridized carbons (Fsp3) is 0.471. The first-order chi connectivity index (χ1) is 12.6. The molecular formula is C17H18FN5O3. The molecule has 3 aliphatic rings. The van der Waals surface area contributed by atoms with E-state index in [1.165, 1.54) is 11.0 Å². The van der Waals surface area contributed by atoms with E-state index in [0.717, 1.165) is 26.3 Å². The third-order valence-corrected chi connectivity index (χ3v) is 5.19. The van der Waals surface area contributed by atoms with Gasteiger partial charge in [0.05, 0.1) is 49.3 Å². The third-order valence-electron chi connectivity index (χ3n) is 5.19. The van der Waals surface area contributed by atoms with Crippen LogP contribution in [0, 0.1) is 11.2 Å². The lowest BCUT2D eigenvalue weighted by atomic mass is 9.78. The predicted octanol–water partition coefficient (Wildman–Crippen LogP) is 1.28. The van der Waals surface area contributed by atoms with Crippen LogP contribution in [0.3, 0.4) is 0 Å². The van der Waals surface area contributed by atoms with Crippen molar-refractivity contribution in [3.05, 3.63) is 36.4 Å². The predicted molar refractivity (Wildman–Crippen MR) is 89.5 cm³/mol. The van der Waals surface area contributed by atoms with Gasteiger partial charge in [-0.1, -0.05) is 5.21 Å². The molecule has 3 fully saturated rings. The van der Waals surface area contributed by atoms with Gasteiger partial charge in [0.25, 0.3) is 0 Å². The fourth-order valence-corrected chi connectivity index (χ4v) is 3.79. The summed E-state index contributed by atoms with van der Waals surface area (Å²) >= 11 is 0. The van der Waals surface area contributed by atoms with Crippen molar-refractivity contribution in [2.24, 2.45) is 5.41 Å². The Morgan fingerprint density at radius 2 is 2.15 bits per heavy atom. The SMILES string of the molecule is O=C1OC(Cn2ccnn2)CN1c1ccc(N2CC3(COC3)C2)c(F)c1. The summed E-state index contributed by atoms with van der Waals surface area (Å²) in [7, 11) is 0. The number of anilines is 2. The summed E-state index contributed by atoms with van der Waals surface area (Å²) in [4.78, 5) is 15.6. The van der Waals surface area contributed by atoms with Crippen LogP contribution in [0.5, 0.6) is 0 Å². The van der Waals surface area contributed by atoms with Gasteiger partial charge in [-0.25, -0.2) is 13.9 Å². The van der Waals surface area contributed by atoms with Crippen molar-refractivity contribution in [1.29, 1.82) is 0 Å². The van der Waals surface area contributed by atoms with Gasteiger partial charge in [-0.3, -0.25) is 4.90 Å². The Morgan fingerprint density at radius 1 is 1.31 bits per heavy atom. The quantitative estimate of drug-likeness (QED) is 0.819. The van der Waals surface area contributed by atoms with Gasteiger partial charge in [0, 0.05) is 19.3 Å². The second kappa shape index (κ2) is 5.66. The monoisotopic (exact) mass is 359 g/mol. The molecule has 1 aromatic carbocycles. The molecule has 26 heavy (non-hydrogen) atoms. The number of ether oxygens (including phenoxy) is 2. The number of cyclic esters (lactones) is 1. The molecule has 2 aromatic rings. The van der Waals surface area contributed by atoms with Crippen LogP contribution in [0.1, 0.15) is 0 Å². The fourth-order valence-electron chi connectivity index (χ4n) is 3.79. The molecule has 0 N–H and O–H groups in total. The standard InChI is InChI=1S/C17H18FN5O3/c18-14-5-12(1-2-15(14)21-8-17(9-21)10-25-11-17)23-7-13(26-16(23)24)6-22-4-3-19-20-22/h1-5,13H,6-11H2. The first kappa shape index (κ1) is 15.6. The lowest BCUT2D eigenvalue weighted by Crippen LogP contribution is -2.66. The first-order valence-electron chi connectivity index (χ1n) is 8.56. The number of hydrogen-bond acceptors (Lipinski definition) is 6. The van der Waals surface area contributed by atoms with Gasteiger partial charge >= 0.3 is 6.09 Å². The Morgan fingerprint density at radius 3 is 2.81 bits per heavy atom. The number of rotatable bonds is 4. The van der Waals surface area contributed by atoms with Gasteiger partial charge in [0.1, 0.15) is 11.9 Å². The van der Waals surface area contributed by atoms with Gasteiger partial charge in [-0.05, 0) is 18.2 Å². The maximum Gasteiger partial charge on any atom is 0.414 e. The number of halogens is 1. The highest BCUT2D eigenvalue weighted by Crippen LogP contribution is 2.41. The molecule has 9 heteroatoms. The topological polar surface area (TPSA) is 72.7 Å². The second-order valence-corrected chi connectivity index (χ2v) is 7.23. The minimum absolute atomic E-state index is 0.221. The van der Waals surface area contributed by atoms with Crippen molar-refractivity contribution in [1.82, 2.24) is 15.0 Å². The van der Waals surface area contributed by atoms with E-state index in [0.29, 0.717) is 24.5 Å². The van der Waals surface area contributed by atoms with Crippen LogP contribution in [0.25, 0.3) is 0 Å². The highest BCUT2D eigenvalue weighted by Gasteiger charge is 2.49. The van der Waals surface area contributed by atoms with E-state index in [1.807, 2.05) is 4.90 Å². The van der Waals surface area contributed by atoms with Gasteiger partial charge in [-0.15, -0.1) is 5.10 Å². The van der Waals surface area contributed by atoms with Crippen molar-refractivity contribution in [3.63, 3.8) is 0 Å². The van der Waals surface area contributed by atoms with Crippen molar-refractivity contribution < 1.29 is 18.7 Å². The third kappa shape index (κ3) is 2.50. The minimum atomic E-state index is -0.475. The van der Waals surface area contributed by atoms with Gasteiger partial charge in [0.2, 0.25) is 0 Å². The largest absolute Gasteiger partial charge is 0.442 e. The molecule has 4 heterocycles. The zero-order chi connectivity index (χ0) is 17.7. The lowest BCUT2D eigenvalue weighted by molar-refractivity contribution is -0.127. The van der Waals surface area contributed by atoms with E-state index in [1.54, 1.807) is 29.2 Å². The summed E-state index contributed by atoms with van der Waals surface area (Å²) in [5.74, 6) is -0.329. The normalized spacial score (nSPS) is 23.7. The minimum Gasteiger partial charge on any atom is -0.442 e. The lowest BCUT2D eigenvalue weighted by Gasteiger charge is -2.56. The molecule has 0 bridgehead atoms. The summed E-state index contributed by atoms with van der Waals surface area (Å²) < 4.78 is 26.8. The summed E-state index contributed by atoms with van der Waals surface area (Å²) in [6, 6.07) is 4.89. The summed E-state index contributed by atoms with van der Waals surface area (Å²) in [5, 5.41) is 7.60. The Kier molecular flexibility index (Phi) is 3.39. The number of hydrogen-bond donors (Lipinski definition) is 0. The highest BCUT2D eigenvalue weighted by atomic mass is 19.1. The molecular weight excluding hydrogens is 341 g/mol. The van der Waals surface area contributed by atoms with Crippen LogP contribution in [-0.2, 0) is 16.0 Å². The molecule has 1 unspecified atom stereocenters. The molecule has 1 atom stereocenters. The van der Waals surface area contributed by atoms with Gasteiger partial charge in [-0.2, -0.15) is 0 Å².